The molecular weight excluding hydrogens is 257 g/mol. The van der Waals surface area contributed by atoms with Gasteiger partial charge < -0.3 is 0 Å². The van der Waals surface area contributed by atoms with Gasteiger partial charge in [-0.15, -0.1) is 4.13 Å². The van der Waals surface area contributed by atoms with E-state index in [0.29, 0.717) is 0 Å². The lowest BCUT2D eigenvalue weighted by Gasteiger charge is -2.19. The Labute approximate surface area is 88.2 Å². The third kappa shape index (κ3) is 5.44. The van der Waals surface area contributed by atoms with Crippen molar-refractivity contribution in [3.05, 3.63) is 0 Å². The molecule has 0 aliphatic carbocycles. The van der Waals surface area contributed by atoms with Gasteiger partial charge >= 0.3 is 15.5 Å². The van der Waals surface area contributed by atoms with Gasteiger partial charge in [0.15, 0.2) is 11.2 Å². The van der Waals surface area contributed by atoms with Gasteiger partial charge in [-0.3, -0.25) is 0 Å². The van der Waals surface area contributed by atoms with Crippen LogP contribution in [0.3, 0.4) is 0 Å². The van der Waals surface area contributed by atoms with Gasteiger partial charge in [0.2, 0.25) is 0 Å². The Bertz CT molecular complexity index is 344. The first kappa shape index (κ1) is 14.8. The van der Waals surface area contributed by atoms with Crippen LogP contribution >= 0.6 is 0 Å². The molecule has 0 aromatic rings. The first-order valence-corrected chi connectivity index (χ1v) is 6.27. The zero-order chi connectivity index (χ0) is 12.5. The number of hydrogen-bond donors (Lipinski definition) is 2. The molecule has 0 rings (SSSR count). The van der Waals surface area contributed by atoms with Crippen LogP contribution in [0, 0.1) is 0 Å². The zero-order valence-corrected chi connectivity index (χ0v) is 9.81. The van der Waals surface area contributed by atoms with Gasteiger partial charge in [0.25, 0.3) is 0 Å². The van der Waals surface area contributed by atoms with Crippen molar-refractivity contribution in [2.24, 2.45) is 0 Å². The van der Waals surface area contributed by atoms with Crippen molar-refractivity contribution in [2.75, 3.05) is 0 Å². The molecule has 0 fully saturated rings. The third-order valence-corrected chi connectivity index (χ3v) is 3.78. The molecule has 1 atom stereocenters. The predicted molar refractivity (Wildman–Crippen MR) is 49.1 cm³/mol. The van der Waals surface area contributed by atoms with Crippen LogP contribution in [0.1, 0.15) is 20.8 Å². The van der Waals surface area contributed by atoms with Crippen molar-refractivity contribution in [1.82, 2.24) is 8.85 Å². The molecule has 10 heteroatoms. The summed E-state index contributed by atoms with van der Waals surface area (Å²) in [6, 6.07) is 0. The fourth-order valence-corrected chi connectivity index (χ4v) is 2.34. The van der Waals surface area contributed by atoms with Crippen molar-refractivity contribution in [3.63, 3.8) is 0 Å². The SMILES string of the molecule is CC(C)(C)NS(=O)NS(=O)(=O)C(F)(F)F. The fraction of sp³-hybridized carbons (Fsp3) is 1.00. The molecule has 0 saturated carbocycles. The summed E-state index contributed by atoms with van der Waals surface area (Å²) in [5.74, 6) is 0. The Morgan fingerprint density at radius 2 is 1.53 bits per heavy atom. The first-order chi connectivity index (χ1) is 6.35. The number of rotatable bonds is 3. The van der Waals surface area contributed by atoms with E-state index in [9.17, 15) is 25.8 Å². The molecule has 2 N–H and O–H groups in total. The van der Waals surface area contributed by atoms with Gasteiger partial charge in [-0.05, 0) is 20.8 Å². The van der Waals surface area contributed by atoms with Crippen molar-refractivity contribution in [1.29, 1.82) is 0 Å². The van der Waals surface area contributed by atoms with E-state index in [-0.39, 0.29) is 0 Å². The van der Waals surface area contributed by atoms with E-state index in [1.54, 1.807) is 0 Å². The van der Waals surface area contributed by atoms with E-state index in [1.807, 2.05) is 0 Å². The molecule has 0 aliphatic rings. The van der Waals surface area contributed by atoms with E-state index < -0.39 is 32.2 Å². The highest BCUT2D eigenvalue weighted by Gasteiger charge is 2.47. The predicted octanol–water partition coefficient (Wildman–Crippen LogP) is 0.392. The Kier molecular flexibility index (Phi) is 4.30. The van der Waals surface area contributed by atoms with Crippen LogP contribution in [-0.4, -0.2) is 23.7 Å². The normalized spacial score (nSPS) is 16.4. The first-order valence-electron chi connectivity index (χ1n) is 3.63. The van der Waals surface area contributed by atoms with Gasteiger partial charge in [-0.25, -0.2) is 17.3 Å². The molecule has 0 saturated heterocycles. The maximum Gasteiger partial charge on any atom is 0.512 e. The molecule has 15 heavy (non-hydrogen) atoms. The summed E-state index contributed by atoms with van der Waals surface area (Å²) in [5.41, 5.74) is -6.25. The van der Waals surface area contributed by atoms with Crippen LogP contribution in [0.5, 0.6) is 0 Å². The summed E-state index contributed by atoms with van der Waals surface area (Å²) in [4.78, 5) is 0. The number of nitrogens with one attached hydrogen (secondary N) is 2. The van der Waals surface area contributed by atoms with Crippen LogP contribution in [0.4, 0.5) is 13.2 Å². The molecule has 0 amide bonds. The minimum Gasteiger partial charge on any atom is -0.224 e. The fourth-order valence-electron chi connectivity index (χ4n) is 0.446. The Balaban J connectivity index is 4.58. The average Bonchev–Trinajstić information content (AvgIpc) is 1.75. The van der Waals surface area contributed by atoms with Crippen LogP contribution in [0.2, 0.25) is 0 Å². The van der Waals surface area contributed by atoms with Crippen LogP contribution in [0.25, 0.3) is 0 Å². The summed E-state index contributed by atoms with van der Waals surface area (Å²) in [6.07, 6.45) is 0. The molecule has 0 aromatic heterocycles. The molecule has 0 spiro atoms. The highest BCUT2D eigenvalue weighted by molar-refractivity contribution is 8.01. The summed E-state index contributed by atoms with van der Waals surface area (Å²) < 4.78 is 70.4. The number of sulfonamides is 1. The van der Waals surface area contributed by atoms with E-state index in [0.717, 1.165) is 4.13 Å². The van der Waals surface area contributed by atoms with Crippen molar-refractivity contribution < 1.29 is 25.8 Å². The van der Waals surface area contributed by atoms with E-state index >= 15 is 0 Å². The molecule has 0 radical (unpaired) electrons. The smallest absolute Gasteiger partial charge is 0.224 e. The summed E-state index contributed by atoms with van der Waals surface area (Å²) >= 11 is -2.51. The molecular formula is C5H11F3N2O3S2. The van der Waals surface area contributed by atoms with Gasteiger partial charge in [-0.2, -0.15) is 13.2 Å². The Hall–Kier alpha value is -0.190. The minimum atomic E-state index is -5.58. The van der Waals surface area contributed by atoms with Gasteiger partial charge in [-0.1, -0.05) is 0 Å². The lowest BCUT2D eigenvalue weighted by Crippen LogP contribution is -2.47. The molecule has 5 nitrogen and oxygen atoms in total. The van der Waals surface area contributed by atoms with Crippen LogP contribution < -0.4 is 8.85 Å². The summed E-state index contributed by atoms with van der Waals surface area (Å²) in [7, 11) is -5.58. The van der Waals surface area contributed by atoms with Gasteiger partial charge in [0.1, 0.15) is 0 Å². The Morgan fingerprint density at radius 3 is 1.80 bits per heavy atom. The highest BCUT2D eigenvalue weighted by atomic mass is 32.3. The zero-order valence-electron chi connectivity index (χ0n) is 8.18. The number of alkyl halides is 3. The highest BCUT2D eigenvalue weighted by Crippen LogP contribution is 2.21. The largest absolute Gasteiger partial charge is 0.512 e. The molecule has 1 unspecified atom stereocenters. The van der Waals surface area contributed by atoms with Crippen LogP contribution in [0.15, 0.2) is 0 Å². The Morgan fingerprint density at radius 1 is 1.13 bits per heavy atom. The lowest BCUT2D eigenvalue weighted by molar-refractivity contribution is -0.0441. The maximum absolute atomic E-state index is 11.8. The number of halogens is 3. The molecule has 92 valence electrons. The standard InChI is InChI=1S/C5H11F3N2O3S2/c1-4(2,3)9-14(11)10-15(12,13)5(6,7)8/h9-10H,1-3H3. The van der Waals surface area contributed by atoms with Crippen molar-refractivity contribution in [2.45, 2.75) is 31.8 Å². The topological polar surface area (TPSA) is 75.3 Å². The van der Waals surface area contributed by atoms with Crippen LogP contribution in [-0.2, 0) is 21.2 Å². The monoisotopic (exact) mass is 268 g/mol. The van der Waals surface area contributed by atoms with Crippen molar-refractivity contribution >= 4 is 21.2 Å². The molecule has 0 aliphatic heterocycles. The second-order valence-corrected chi connectivity index (χ2v) is 6.53. The summed E-state index contributed by atoms with van der Waals surface area (Å²) in [6.45, 7) is 4.56. The van der Waals surface area contributed by atoms with E-state index in [2.05, 4.69) is 4.72 Å². The summed E-state index contributed by atoms with van der Waals surface area (Å²) in [5, 5.41) is 0. The average molecular weight is 268 g/mol. The molecule has 0 heterocycles. The van der Waals surface area contributed by atoms with Crippen molar-refractivity contribution in [3.8, 4) is 0 Å². The maximum atomic E-state index is 11.8. The second-order valence-electron chi connectivity index (χ2n) is 3.65. The van der Waals surface area contributed by atoms with E-state index in [1.165, 1.54) is 20.8 Å². The lowest BCUT2D eigenvalue weighted by atomic mass is 10.1. The number of hydrogen-bond acceptors (Lipinski definition) is 3. The van der Waals surface area contributed by atoms with E-state index in [4.69, 9.17) is 0 Å². The third-order valence-electron chi connectivity index (χ3n) is 0.889. The quantitative estimate of drug-likeness (QED) is 0.777. The van der Waals surface area contributed by atoms with Gasteiger partial charge in [0.05, 0.1) is 0 Å². The van der Waals surface area contributed by atoms with Gasteiger partial charge in [0, 0.05) is 5.54 Å². The molecule has 0 aromatic carbocycles. The minimum absolute atomic E-state index is 0.779. The molecule has 0 bridgehead atoms. The second kappa shape index (κ2) is 4.36.